The molecule has 3 aliphatic rings. The van der Waals surface area contributed by atoms with Gasteiger partial charge in [-0.1, -0.05) is 24.3 Å². The molecule has 336 valence electrons. The molecule has 0 aliphatic carbocycles. The van der Waals surface area contributed by atoms with Gasteiger partial charge in [-0.15, -0.1) is 0 Å². The number of amides is 4. The molecule has 4 aromatic rings. The second-order valence-corrected chi connectivity index (χ2v) is 17.8. The van der Waals surface area contributed by atoms with Crippen LogP contribution in [-0.4, -0.2) is 138 Å². The van der Waals surface area contributed by atoms with Gasteiger partial charge in [-0.3, -0.25) is 29.4 Å². The fraction of sp³-hybridized carbons (Fsp3) is 0.500. The number of ether oxygens (including phenoxy) is 1. The Morgan fingerprint density at radius 1 is 0.905 bits per heavy atom. The van der Waals surface area contributed by atoms with E-state index in [1.54, 1.807) is 51.2 Å². The van der Waals surface area contributed by atoms with E-state index in [0.717, 1.165) is 77.1 Å². The van der Waals surface area contributed by atoms with Gasteiger partial charge in [0.2, 0.25) is 5.91 Å². The van der Waals surface area contributed by atoms with Gasteiger partial charge in [0, 0.05) is 83.5 Å². The van der Waals surface area contributed by atoms with Crippen LogP contribution in [0.15, 0.2) is 59.5 Å². The Morgan fingerprint density at radius 2 is 1.63 bits per heavy atom. The molecule has 3 saturated heterocycles. The molecule has 0 radical (unpaired) electrons. The Hall–Kier alpha value is -5.78. The maximum absolute atomic E-state index is 14.7. The van der Waals surface area contributed by atoms with Gasteiger partial charge < -0.3 is 30.5 Å². The number of H-pyrrole nitrogens is 1. The van der Waals surface area contributed by atoms with E-state index in [2.05, 4.69) is 46.2 Å². The molecule has 63 heavy (non-hydrogen) atoms. The van der Waals surface area contributed by atoms with Crippen molar-refractivity contribution in [2.45, 2.75) is 64.4 Å². The first-order chi connectivity index (χ1) is 30.3. The molecular weight excluding hydrogens is 808 g/mol. The molecule has 5 N–H and O–H groups in total. The molecule has 7 rings (SSSR count). The zero-order chi connectivity index (χ0) is 44.5. The zero-order valence-corrected chi connectivity index (χ0v) is 36.4. The summed E-state index contributed by atoms with van der Waals surface area (Å²) in [6.07, 6.45) is 5.21. The number of hydrogen-bond acceptors (Lipinski definition) is 11. The minimum atomic E-state index is -0.690. The number of rotatable bonds is 13. The van der Waals surface area contributed by atoms with Crippen LogP contribution in [0.25, 0.3) is 10.8 Å². The van der Waals surface area contributed by atoms with E-state index in [9.17, 15) is 28.4 Å². The molecule has 1 atom stereocenters. The van der Waals surface area contributed by atoms with Gasteiger partial charge in [-0.2, -0.15) is 5.10 Å². The first-order valence-corrected chi connectivity index (χ1v) is 22.0. The summed E-state index contributed by atoms with van der Waals surface area (Å²) in [5.41, 5.74) is 1.75. The average Bonchev–Trinajstić information content (AvgIpc) is 3.27. The Bertz CT molecular complexity index is 2330. The van der Waals surface area contributed by atoms with Crippen LogP contribution in [0.4, 0.5) is 14.9 Å². The van der Waals surface area contributed by atoms with Crippen LogP contribution in [0.5, 0.6) is 0 Å². The standard InChI is InChI=1S/C46H59FN10O6/c1-46(2,3)63-45(62)52-39-25-33(32-7-6-14-48-26-32)27-51-41(39)44(61)57-17-12-30(13-18-57)28-55-19-21-56(22-20-55)29-40(58)49-15-16-50-42(59)36-23-31(10-11-37(36)47)24-38-34-8-4-5-9-35(34)43(60)54-53-38/h4-5,8-11,23,25,27,30,32,48H,6-7,12-22,24,26,28-29H2,1-3H3,(H,49,58)(H,50,59)(H,52,62)(H,54,60). The molecule has 2 aromatic heterocycles. The molecule has 2 aromatic carbocycles. The molecule has 4 amide bonds. The highest BCUT2D eigenvalue weighted by molar-refractivity contribution is 6.01. The molecule has 0 spiro atoms. The number of pyridine rings is 1. The number of aromatic nitrogens is 3. The van der Waals surface area contributed by atoms with Crippen molar-refractivity contribution < 1.29 is 28.3 Å². The lowest BCUT2D eigenvalue weighted by Crippen LogP contribution is -2.51. The van der Waals surface area contributed by atoms with Crippen LogP contribution in [-0.2, 0) is 16.0 Å². The quantitative estimate of drug-likeness (QED) is 0.123. The molecule has 0 saturated carbocycles. The number of piperidine rings is 2. The van der Waals surface area contributed by atoms with Gasteiger partial charge in [0.1, 0.15) is 11.4 Å². The van der Waals surface area contributed by atoms with Crippen molar-refractivity contribution in [3.63, 3.8) is 0 Å². The molecule has 3 aliphatic heterocycles. The van der Waals surface area contributed by atoms with Crippen molar-refractivity contribution in [1.29, 1.82) is 0 Å². The number of aromatic amines is 1. The third-order valence-electron chi connectivity index (χ3n) is 11.9. The Morgan fingerprint density at radius 3 is 2.37 bits per heavy atom. The van der Waals surface area contributed by atoms with Gasteiger partial charge in [0.05, 0.1) is 28.9 Å². The fourth-order valence-electron chi connectivity index (χ4n) is 8.57. The summed E-state index contributed by atoms with van der Waals surface area (Å²) in [7, 11) is 0. The summed E-state index contributed by atoms with van der Waals surface area (Å²) in [6, 6.07) is 13.3. The first-order valence-electron chi connectivity index (χ1n) is 22.0. The van der Waals surface area contributed by atoms with Gasteiger partial charge in [0.25, 0.3) is 17.4 Å². The fourth-order valence-corrected chi connectivity index (χ4v) is 8.57. The number of fused-ring (bicyclic) bond motifs is 1. The van der Waals surface area contributed by atoms with Gasteiger partial charge in [-0.05, 0) is 100 Å². The summed E-state index contributed by atoms with van der Waals surface area (Å²) in [5, 5.41) is 19.7. The molecule has 16 nitrogen and oxygen atoms in total. The molecule has 3 fully saturated rings. The number of nitrogens with one attached hydrogen (secondary N) is 5. The predicted molar refractivity (Wildman–Crippen MR) is 237 cm³/mol. The van der Waals surface area contributed by atoms with Gasteiger partial charge >= 0.3 is 6.09 Å². The van der Waals surface area contributed by atoms with E-state index in [4.69, 9.17) is 4.74 Å². The summed E-state index contributed by atoms with van der Waals surface area (Å²) >= 11 is 0. The summed E-state index contributed by atoms with van der Waals surface area (Å²) in [5.74, 6) is -0.921. The topological polar surface area (TPSA) is 194 Å². The zero-order valence-electron chi connectivity index (χ0n) is 36.4. The number of nitrogens with zero attached hydrogens (tertiary/aromatic N) is 5. The number of benzene rings is 2. The van der Waals surface area contributed by atoms with Crippen molar-refractivity contribution in [2.24, 2.45) is 5.92 Å². The number of carbonyl (C=O) groups excluding carboxylic acids is 4. The Labute approximate surface area is 366 Å². The lowest BCUT2D eigenvalue weighted by atomic mass is 9.92. The van der Waals surface area contributed by atoms with Crippen LogP contribution < -0.4 is 26.8 Å². The highest BCUT2D eigenvalue weighted by Crippen LogP contribution is 2.29. The lowest BCUT2D eigenvalue weighted by molar-refractivity contribution is -0.122. The number of anilines is 1. The maximum Gasteiger partial charge on any atom is 0.412 e. The second kappa shape index (κ2) is 20.6. The number of likely N-dealkylation sites (tertiary alicyclic amines) is 1. The van der Waals surface area contributed by atoms with E-state index >= 15 is 0 Å². The van der Waals surface area contributed by atoms with E-state index in [1.807, 2.05) is 17.0 Å². The maximum atomic E-state index is 14.7. The summed E-state index contributed by atoms with van der Waals surface area (Å²) in [4.78, 5) is 75.5. The van der Waals surface area contributed by atoms with Crippen LogP contribution in [0.2, 0.25) is 0 Å². The monoisotopic (exact) mass is 866 g/mol. The van der Waals surface area contributed by atoms with Crippen molar-refractivity contribution in [3.05, 3.63) is 99.0 Å². The van der Waals surface area contributed by atoms with Crippen molar-refractivity contribution in [1.82, 2.24) is 45.8 Å². The largest absolute Gasteiger partial charge is 0.444 e. The highest BCUT2D eigenvalue weighted by Gasteiger charge is 2.30. The van der Waals surface area contributed by atoms with Gasteiger partial charge in [-0.25, -0.2) is 19.3 Å². The summed E-state index contributed by atoms with van der Waals surface area (Å²) < 4.78 is 20.2. The van der Waals surface area contributed by atoms with Crippen LogP contribution in [0.1, 0.15) is 90.0 Å². The number of carbonyl (C=O) groups is 4. The normalized spacial score (nSPS) is 17.9. The minimum Gasteiger partial charge on any atom is -0.444 e. The molecule has 17 heteroatoms. The third kappa shape index (κ3) is 12.2. The van der Waals surface area contributed by atoms with Crippen LogP contribution in [0, 0.1) is 11.7 Å². The van der Waals surface area contributed by atoms with Crippen molar-refractivity contribution in [2.75, 3.05) is 83.9 Å². The van der Waals surface area contributed by atoms with Crippen molar-refractivity contribution >= 4 is 40.3 Å². The van der Waals surface area contributed by atoms with Crippen molar-refractivity contribution in [3.8, 4) is 0 Å². The van der Waals surface area contributed by atoms with E-state index in [1.165, 1.54) is 12.1 Å². The number of hydrogen-bond donors (Lipinski definition) is 5. The number of halogens is 1. The molecule has 5 heterocycles. The lowest BCUT2D eigenvalue weighted by Gasteiger charge is -2.38. The molecule has 1 unspecified atom stereocenters. The second-order valence-electron chi connectivity index (χ2n) is 17.8. The van der Waals surface area contributed by atoms with E-state index in [0.29, 0.717) is 46.7 Å². The Kier molecular flexibility index (Phi) is 14.8. The van der Waals surface area contributed by atoms with Gasteiger partial charge in [0.15, 0.2) is 5.69 Å². The third-order valence-corrected chi connectivity index (χ3v) is 11.9. The molecule has 0 bridgehead atoms. The SMILES string of the molecule is CC(C)(C)OC(=O)Nc1cc(C2CCCNC2)cnc1C(=O)N1CCC(CN2CCN(CC(=O)NCCNC(=O)c3cc(Cc4n[nH]c(=O)c5ccccc45)ccc3F)CC2)CC1. The minimum absolute atomic E-state index is 0.113. The predicted octanol–water partition coefficient (Wildman–Crippen LogP) is 3.88. The van der Waals surface area contributed by atoms with Crippen LogP contribution in [0.3, 0.4) is 0 Å². The van der Waals surface area contributed by atoms with E-state index in [-0.39, 0.29) is 60.6 Å². The first kappa shape index (κ1) is 45.3. The Balaban J connectivity index is 0.812. The van der Waals surface area contributed by atoms with E-state index < -0.39 is 23.4 Å². The molecular formula is C46H59FN10O6. The smallest absolute Gasteiger partial charge is 0.412 e. The van der Waals surface area contributed by atoms with Crippen LogP contribution >= 0.6 is 0 Å². The average molecular weight is 867 g/mol. The summed E-state index contributed by atoms with van der Waals surface area (Å²) in [6.45, 7) is 13.0. The number of piperazine rings is 1. The highest BCUT2D eigenvalue weighted by atomic mass is 19.1.